The minimum atomic E-state index is -0.222. The van der Waals surface area contributed by atoms with Gasteiger partial charge in [0.25, 0.3) is 5.91 Å². The summed E-state index contributed by atoms with van der Waals surface area (Å²) >= 11 is 5.98. The fourth-order valence-corrected chi connectivity index (χ4v) is 3.46. The van der Waals surface area contributed by atoms with Crippen LogP contribution in [0.2, 0.25) is 5.02 Å². The Kier molecular flexibility index (Phi) is 5.32. The molecule has 0 saturated heterocycles. The molecule has 2 heterocycles. The Balaban J connectivity index is 1.43. The molecule has 1 N–H and O–H groups in total. The van der Waals surface area contributed by atoms with Crippen molar-refractivity contribution in [2.45, 2.75) is 25.8 Å². The number of hydrogen-bond donors (Lipinski definition) is 1. The monoisotopic (exact) mass is 397 g/mol. The first-order valence-corrected chi connectivity index (χ1v) is 9.34. The number of amides is 1. The molecule has 0 unspecified atom stereocenters. The number of carbonyl (C=O) groups excluding carboxylic acids is 1. The van der Waals surface area contributed by atoms with Crippen LogP contribution in [0.4, 0.5) is 0 Å². The Labute approximate surface area is 168 Å². The summed E-state index contributed by atoms with van der Waals surface area (Å²) in [5.41, 5.74) is 3.18. The molecule has 1 atom stereocenters. The van der Waals surface area contributed by atoms with Crippen molar-refractivity contribution in [1.82, 2.24) is 14.9 Å². The Hall–Kier alpha value is -2.83. The van der Waals surface area contributed by atoms with Crippen molar-refractivity contribution in [3.05, 3.63) is 82.4 Å². The van der Waals surface area contributed by atoms with Crippen LogP contribution in [0.1, 0.15) is 33.4 Å². The lowest BCUT2D eigenvalue weighted by atomic mass is 10.1. The number of halogens is 1. The summed E-state index contributed by atoms with van der Waals surface area (Å²) in [5, 5.41) is 3.53. The summed E-state index contributed by atoms with van der Waals surface area (Å²) in [6, 6.07) is 15.2. The van der Waals surface area contributed by atoms with Gasteiger partial charge in [0.05, 0.1) is 32.3 Å². The molecule has 1 aliphatic heterocycles. The van der Waals surface area contributed by atoms with Gasteiger partial charge in [-0.2, -0.15) is 0 Å². The molecule has 1 aliphatic rings. The zero-order chi connectivity index (χ0) is 19.5. The Morgan fingerprint density at radius 2 is 2.14 bits per heavy atom. The molecule has 2 aromatic carbocycles. The second-order valence-corrected chi connectivity index (χ2v) is 7.01. The number of nitrogens with one attached hydrogen (secondary N) is 1. The number of nitrogens with zero attached hydrogens (tertiary/aromatic N) is 2. The third-order valence-electron chi connectivity index (χ3n) is 4.77. The van der Waals surface area contributed by atoms with E-state index in [2.05, 4.69) is 10.3 Å². The number of benzene rings is 2. The summed E-state index contributed by atoms with van der Waals surface area (Å²) in [4.78, 5) is 16.9. The van der Waals surface area contributed by atoms with E-state index >= 15 is 0 Å². The topological polar surface area (TPSA) is 65.4 Å². The third-order valence-corrected chi connectivity index (χ3v) is 5.01. The first-order valence-electron chi connectivity index (χ1n) is 8.96. The number of ether oxygens (including phenoxy) is 2. The van der Waals surface area contributed by atoms with Crippen molar-refractivity contribution in [2.24, 2.45) is 0 Å². The average molecular weight is 398 g/mol. The van der Waals surface area contributed by atoms with Crippen molar-refractivity contribution in [3.63, 3.8) is 0 Å². The first kappa shape index (κ1) is 18.5. The van der Waals surface area contributed by atoms with E-state index in [0.717, 1.165) is 22.6 Å². The molecular weight excluding hydrogens is 378 g/mol. The van der Waals surface area contributed by atoms with Crippen LogP contribution in [0.3, 0.4) is 0 Å². The highest BCUT2D eigenvalue weighted by Crippen LogP contribution is 2.28. The molecule has 28 heavy (non-hydrogen) atoms. The number of methoxy groups -OCH3 is 1. The smallest absolute Gasteiger partial charge is 0.272 e. The second kappa shape index (κ2) is 8.04. The van der Waals surface area contributed by atoms with E-state index in [1.54, 1.807) is 19.5 Å². The summed E-state index contributed by atoms with van der Waals surface area (Å²) in [7, 11) is 1.64. The van der Waals surface area contributed by atoms with Gasteiger partial charge >= 0.3 is 0 Å². The number of hydrogen-bond acceptors (Lipinski definition) is 4. The number of rotatable bonds is 5. The molecule has 3 aromatic rings. The maximum absolute atomic E-state index is 12.6. The maximum Gasteiger partial charge on any atom is 0.272 e. The van der Waals surface area contributed by atoms with Crippen LogP contribution >= 0.6 is 11.6 Å². The lowest BCUT2D eigenvalue weighted by molar-refractivity contribution is 0.00255. The van der Waals surface area contributed by atoms with Gasteiger partial charge in [-0.1, -0.05) is 35.9 Å². The molecule has 4 rings (SSSR count). The van der Waals surface area contributed by atoms with Gasteiger partial charge in [-0.25, -0.2) is 4.98 Å². The predicted octanol–water partition coefficient (Wildman–Crippen LogP) is 3.75. The number of fused-ring (bicyclic) bond motifs is 1. The molecule has 0 fully saturated rings. The van der Waals surface area contributed by atoms with Crippen LogP contribution in [-0.4, -0.2) is 22.6 Å². The fourth-order valence-electron chi connectivity index (χ4n) is 3.25. The summed E-state index contributed by atoms with van der Waals surface area (Å²) in [6.45, 7) is 1.33. The van der Waals surface area contributed by atoms with Gasteiger partial charge in [-0.3, -0.25) is 4.79 Å². The highest BCUT2D eigenvalue weighted by atomic mass is 35.5. The van der Waals surface area contributed by atoms with E-state index in [4.69, 9.17) is 21.1 Å². The SMILES string of the molecule is COc1ccc([C@@H]2Cn3cnc(C(=O)NCc4cccc(Cl)c4)c3CO2)cc1. The molecule has 0 radical (unpaired) electrons. The van der Waals surface area contributed by atoms with Crippen molar-refractivity contribution in [3.8, 4) is 5.75 Å². The summed E-state index contributed by atoms with van der Waals surface area (Å²) in [5.74, 6) is 0.585. The highest BCUT2D eigenvalue weighted by Gasteiger charge is 2.26. The lowest BCUT2D eigenvalue weighted by Crippen LogP contribution is -2.27. The van der Waals surface area contributed by atoms with Crippen LogP contribution in [0.25, 0.3) is 0 Å². The molecule has 144 valence electrons. The molecule has 0 aliphatic carbocycles. The van der Waals surface area contributed by atoms with E-state index in [1.807, 2.05) is 47.0 Å². The molecule has 1 aromatic heterocycles. The van der Waals surface area contributed by atoms with Crippen molar-refractivity contribution >= 4 is 17.5 Å². The highest BCUT2D eigenvalue weighted by molar-refractivity contribution is 6.30. The van der Waals surface area contributed by atoms with Gasteiger partial charge in [0.2, 0.25) is 0 Å². The van der Waals surface area contributed by atoms with E-state index in [-0.39, 0.29) is 12.0 Å². The van der Waals surface area contributed by atoms with Gasteiger partial charge in [-0.05, 0) is 35.4 Å². The van der Waals surface area contributed by atoms with Gasteiger partial charge in [0, 0.05) is 11.6 Å². The van der Waals surface area contributed by atoms with Gasteiger partial charge in [-0.15, -0.1) is 0 Å². The second-order valence-electron chi connectivity index (χ2n) is 6.58. The summed E-state index contributed by atoms with van der Waals surface area (Å²) < 4.78 is 13.2. The quantitative estimate of drug-likeness (QED) is 0.712. The van der Waals surface area contributed by atoms with Gasteiger partial charge in [0.1, 0.15) is 11.9 Å². The number of imidazole rings is 1. The average Bonchev–Trinajstić information content (AvgIpc) is 3.15. The molecule has 7 heteroatoms. The fraction of sp³-hybridized carbons (Fsp3) is 0.238. The van der Waals surface area contributed by atoms with E-state index in [9.17, 15) is 4.79 Å². The number of carbonyl (C=O) groups is 1. The Morgan fingerprint density at radius 3 is 2.89 bits per heavy atom. The van der Waals surface area contributed by atoms with Crippen molar-refractivity contribution in [2.75, 3.05) is 7.11 Å². The van der Waals surface area contributed by atoms with Crippen LogP contribution < -0.4 is 10.1 Å². The molecule has 1 amide bonds. The Bertz CT molecular complexity index is 985. The van der Waals surface area contributed by atoms with E-state index < -0.39 is 0 Å². The zero-order valence-electron chi connectivity index (χ0n) is 15.4. The van der Waals surface area contributed by atoms with Gasteiger partial charge in [0.15, 0.2) is 5.69 Å². The molecular formula is C21H20ClN3O3. The Morgan fingerprint density at radius 1 is 1.32 bits per heavy atom. The van der Waals surface area contributed by atoms with Crippen molar-refractivity contribution in [1.29, 1.82) is 0 Å². The van der Waals surface area contributed by atoms with E-state index in [0.29, 0.717) is 30.4 Å². The molecule has 0 spiro atoms. The van der Waals surface area contributed by atoms with Gasteiger partial charge < -0.3 is 19.4 Å². The van der Waals surface area contributed by atoms with Crippen molar-refractivity contribution < 1.29 is 14.3 Å². The van der Waals surface area contributed by atoms with Crippen LogP contribution in [0.5, 0.6) is 5.75 Å². The standard InChI is InChI=1S/C21H20ClN3O3/c1-27-17-7-5-15(6-8-17)19-11-25-13-24-20(18(25)12-28-19)21(26)23-10-14-3-2-4-16(22)9-14/h2-9,13,19H,10-12H2,1H3,(H,23,26)/t19-/m0/s1. The summed E-state index contributed by atoms with van der Waals surface area (Å²) in [6.07, 6.45) is 1.61. The van der Waals surface area contributed by atoms with Crippen LogP contribution in [-0.2, 0) is 24.4 Å². The minimum absolute atomic E-state index is 0.0880. The molecule has 6 nitrogen and oxygen atoms in total. The lowest BCUT2D eigenvalue weighted by Gasteiger charge is -2.25. The van der Waals surface area contributed by atoms with Crippen LogP contribution in [0, 0.1) is 0 Å². The zero-order valence-corrected chi connectivity index (χ0v) is 16.1. The predicted molar refractivity (Wildman–Crippen MR) is 105 cm³/mol. The first-order chi connectivity index (χ1) is 13.6. The van der Waals surface area contributed by atoms with Crippen LogP contribution in [0.15, 0.2) is 54.9 Å². The molecule has 0 bridgehead atoms. The minimum Gasteiger partial charge on any atom is -0.497 e. The third kappa shape index (κ3) is 3.88. The number of aromatic nitrogens is 2. The van der Waals surface area contributed by atoms with E-state index in [1.165, 1.54) is 0 Å². The molecule has 0 saturated carbocycles. The largest absolute Gasteiger partial charge is 0.497 e. The normalized spacial score (nSPS) is 15.7. The maximum atomic E-state index is 12.6.